The fourth-order valence-corrected chi connectivity index (χ4v) is 1.72. The topological polar surface area (TPSA) is 32.3 Å². The Morgan fingerprint density at radius 1 is 1.29 bits per heavy atom. The minimum atomic E-state index is -2.69. The van der Waals surface area contributed by atoms with Crippen LogP contribution in [-0.2, 0) is 6.42 Å². The zero-order chi connectivity index (χ0) is 12.8. The largest absolute Gasteiger partial charge is 0.386 e. The lowest BCUT2D eigenvalue weighted by molar-refractivity contribution is -0.00434. The van der Waals surface area contributed by atoms with Crippen LogP contribution in [0.3, 0.4) is 0 Å². The van der Waals surface area contributed by atoms with E-state index in [9.17, 15) is 8.78 Å². The SMILES string of the molecule is CC(Cc1ccc(Br)cc1)NCC(O)C(F)F. The normalized spacial score (nSPS) is 14.9. The Kier molecular flexibility index (Phi) is 6.02. The Balaban J connectivity index is 2.34. The summed E-state index contributed by atoms with van der Waals surface area (Å²) in [5, 5.41) is 11.8. The summed E-state index contributed by atoms with van der Waals surface area (Å²) in [6.45, 7) is 1.82. The monoisotopic (exact) mass is 307 g/mol. The minimum absolute atomic E-state index is 0.0459. The zero-order valence-electron chi connectivity index (χ0n) is 9.54. The van der Waals surface area contributed by atoms with E-state index in [1.807, 2.05) is 31.2 Å². The minimum Gasteiger partial charge on any atom is -0.386 e. The third-order valence-corrected chi connectivity index (χ3v) is 2.95. The van der Waals surface area contributed by atoms with Gasteiger partial charge in [-0.15, -0.1) is 0 Å². The molecule has 2 nitrogen and oxygen atoms in total. The average molecular weight is 308 g/mol. The van der Waals surface area contributed by atoms with Gasteiger partial charge in [-0.25, -0.2) is 8.78 Å². The maximum Gasteiger partial charge on any atom is 0.265 e. The van der Waals surface area contributed by atoms with E-state index in [0.29, 0.717) is 0 Å². The Morgan fingerprint density at radius 2 is 1.88 bits per heavy atom. The lowest BCUT2D eigenvalue weighted by Gasteiger charge is -2.16. The molecule has 0 heterocycles. The van der Waals surface area contributed by atoms with Crippen molar-refractivity contribution in [3.05, 3.63) is 34.3 Å². The van der Waals surface area contributed by atoms with E-state index in [-0.39, 0.29) is 12.6 Å². The summed E-state index contributed by atoms with van der Waals surface area (Å²) in [6, 6.07) is 7.88. The van der Waals surface area contributed by atoms with Gasteiger partial charge in [0.2, 0.25) is 0 Å². The lowest BCUT2D eigenvalue weighted by atomic mass is 10.1. The fraction of sp³-hybridized carbons (Fsp3) is 0.500. The first-order chi connectivity index (χ1) is 7.99. The summed E-state index contributed by atoms with van der Waals surface area (Å²) in [7, 11) is 0. The number of nitrogens with one attached hydrogen (secondary N) is 1. The molecule has 17 heavy (non-hydrogen) atoms. The molecule has 2 atom stereocenters. The molecule has 0 saturated carbocycles. The van der Waals surface area contributed by atoms with Gasteiger partial charge in [-0.1, -0.05) is 28.1 Å². The smallest absolute Gasteiger partial charge is 0.265 e. The van der Waals surface area contributed by atoms with Crippen LogP contribution >= 0.6 is 15.9 Å². The Morgan fingerprint density at radius 3 is 2.41 bits per heavy atom. The molecule has 0 saturated heterocycles. The first-order valence-corrected chi connectivity index (χ1v) is 6.22. The standard InChI is InChI=1S/C12H16BrF2NO/c1-8(16-7-11(17)12(14)15)6-9-2-4-10(13)5-3-9/h2-5,8,11-12,16-17H,6-7H2,1H3. The first-order valence-electron chi connectivity index (χ1n) is 5.43. The van der Waals surface area contributed by atoms with Gasteiger partial charge in [0.25, 0.3) is 6.43 Å². The van der Waals surface area contributed by atoms with Gasteiger partial charge in [-0.3, -0.25) is 0 Å². The van der Waals surface area contributed by atoms with Crippen LogP contribution < -0.4 is 5.32 Å². The number of rotatable bonds is 6. The molecule has 1 aromatic rings. The molecule has 0 bridgehead atoms. The van der Waals surface area contributed by atoms with Crippen LogP contribution in [0.25, 0.3) is 0 Å². The molecule has 2 unspecified atom stereocenters. The highest BCUT2D eigenvalue weighted by Crippen LogP contribution is 2.12. The highest BCUT2D eigenvalue weighted by molar-refractivity contribution is 9.10. The zero-order valence-corrected chi connectivity index (χ0v) is 11.1. The van der Waals surface area contributed by atoms with E-state index in [4.69, 9.17) is 5.11 Å². The maximum atomic E-state index is 12.1. The maximum absolute atomic E-state index is 12.1. The number of aliphatic hydroxyl groups is 1. The number of hydrogen-bond acceptors (Lipinski definition) is 2. The number of aliphatic hydroxyl groups excluding tert-OH is 1. The summed E-state index contributed by atoms with van der Waals surface area (Å²) in [5.74, 6) is 0. The molecule has 5 heteroatoms. The predicted molar refractivity (Wildman–Crippen MR) is 67.3 cm³/mol. The van der Waals surface area contributed by atoms with Gasteiger partial charge in [-0.2, -0.15) is 0 Å². The van der Waals surface area contributed by atoms with Gasteiger partial charge in [-0.05, 0) is 31.0 Å². The van der Waals surface area contributed by atoms with Crippen LogP contribution in [0.1, 0.15) is 12.5 Å². The van der Waals surface area contributed by atoms with Crippen molar-refractivity contribution in [3.8, 4) is 0 Å². The average Bonchev–Trinajstić information content (AvgIpc) is 2.29. The number of halogens is 3. The van der Waals surface area contributed by atoms with E-state index >= 15 is 0 Å². The summed E-state index contributed by atoms with van der Waals surface area (Å²) >= 11 is 3.35. The quantitative estimate of drug-likeness (QED) is 0.847. The Hall–Kier alpha value is -0.520. The second-order valence-electron chi connectivity index (χ2n) is 4.04. The summed E-state index contributed by atoms with van der Waals surface area (Å²) in [6.07, 6.45) is -3.55. The molecule has 2 N–H and O–H groups in total. The van der Waals surface area contributed by atoms with Crippen molar-refractivity contribution < 1.29 is 13.9 Å². The fourth-order valence-electron chi connectivity index (χ4n) is 1.46. The van der Waals surface area contributed by atoms with Crippen molar-refractivity contribution in [1.29, 1.82) is 0 Å². The molecule has 0 radical (unpaired) electrons. The molecule has 0 spiro atoms. The highest BCUT2D eigenvalue weighted by atomic mass is 79.9. The van der Waals surface area contributed by atoms with E-state index in [0.717, 1.165) is 16.5 Å². The molecule has 0 amide bonds. The van der Waals surface area contributed by atoms with Crippen molar-refractivity contribution in [2.45, 2.75) is 31.9 Å². The van der Waals surface area contributed by atoms with Crippen molar-refractivity contribution in [3.63, 3.8) is 0 Å². The molecule has 0 aromatic heterocycles. The molecule has 96 valence electrons. The summed E-state index contributed by atoms with van der Waals surface area (Å²) in [5.41, 5.74) is 1.12. The molecular formula is C12H16BrF2NO. The third kappa shape index (κ3) is 5.57. The van der Waals surface area contributed by atoms with Gasteiger partial charge >= 0.3 is 0 Å². The van der Waals surface area contributed by atoms with Crippen molar-refractivity contribution in [2.75, 3.05) is 6.54 Å². The Bertz CT molecular complexity index is 332. The van der Waals surface area contributed by atoms with Crippen molar-refractivity contribution in [1.82, 2.24) is 5.32 Å². The predicted octanol–water partition coefficient (Wildman–Crippen LogP) is 2.60. The molecule has 1 rings (SSSR count). The van der Waals surface area contributed by atoms with Gasteiger partial charge < -0.3 is 10.4 Å². The van der Waals surface area contributed by atoms with Crippen LogP contribution in [0.4, 0.5) is 8.78 Å². The van der Waals surface area contributed by atoms with Gasteiger partial charge in [0.1, 0.15) is 6.10 Å². The second-order valence-corrected chi connectivity index (χ2v) is 4.96. The van der Waals surface area contributed by atoms with Crippen LogP contribution in [0.2, 0.25) is 0 Å². The van der Waals surface area contributed by atoms with E-state index in [1.165, 1.54) is 0 Å². The van der Waals surface area contributed by atoms with Crippen LogP contribution in [0.15, 0.2) is 28.7 Å². The van der Waals surface area contributed by atoms with Gasteiger partial charge in [0, 0.05) is 17.1 Å². The van der Waals surface area contributed by atoms with E-state index in [1.54, 1.807) is 0 Å². The molecule has 0 aliphatic heterocycles. The second kappa shape index (κ2) is 7.03. The summed E-state index contributed by atoms with van der Waals surface area (Å²) < 4.78 is 25.1. The van der Waals surface area contributed by atoms with Crippen LogP contribution in [0, 0.1) is 0 Å². The number of benzene rings is 1. The molecule has 0 aliphatic rings. The van der Waals surface area contributed by atoms with Crippen molar-refractivity contribution in [2.24, 2.45) is 0 Å². The number of hydrogen-bond donors (Lipinski definition) is 2. The molecule has 0 aliphatic carbocycles. The van der Waals surface area contributed by atoms with E-state index in [2.05, 4.69) is 21.2 Å². The van der Waals surface area contributed by atoms with E-state index < -0.39 is 12.5 Å². The third-order valence-electron chi connectivity index (χ3n) is 2.42. The lowest BCUT2D eigenvalue weighted by Crippen LogP contribution is -2.38. The van der Waals surface area contributed by atoms with Crippen LogP contribution in [0.5, 0.6) is 0 Å². The molecule has 1 aromatic carbocycles. The van der Waals surface area contributed by atoms with Gasteiger partial charge in [0.05, 0.1) is 0 Å². The summed E-state index contributed by atoms with van der Waals surface area (Å²) in [4.78, 5) is 0. The van der Waals surface area contributed by atoms with Gasteiger partial charge in [0.15, 0.2) is 0 Å². The number of alkyl halides is 2. The van der Waals surface area contributed by atoms with Crippen molar-refractivity contribution >= 4 is 15.9 Å². The molecular weight excluding hydrogens is 292 g/mol. The molecule has 0 fully saturated rings. The van der Waals surface area contributed by atoms with Crippen LogP contribution in [-0.4, -0.2) is 30.2 Å². The highest BCUT2D eigenvalue weighted by Gasteiger charge is 2.17. The Labute approximate surface area is 108 Å². The first kappa shape index (κ1) is 14.5.